The Morgan fingerprint density at radius 1 is 1.14 bits per heavy atom. The van der Waals surface area contributed by atoms with Crippen molar-refractivity contribution in [2.45, 2.75) is 51.3 Å². The summed E-state index contributed by atoms with van der Waals surface area (Å²) in [6.07, 6.45) is 1.99. The zero-order chi connectivity index (χ0) is 20.2. The van der Waals surface area contributed by atoms with Crippen LogP contribution >= 0.6 is 11.6 Å². The molecule has 1 saturated heterocycles. The van der Waals surface area contributed by atoms with E-state index in [2.05, 4.69) is 4.74 Å². The molecule has 4 nitrogen and oxygen atoms in total. The molecule has 0 radical (unpaired) electrons. The van der Waals surface area contributed by atoms with Gasteiger partial charge in [-0.05, 0) is 67.9 Å². The molecule has 4 rings (SSSR count). The molecule has 0 amide bonds. The minimum atomic E-state index is -4.73. The molecule has 1 N–H and O–H groups in total. The molecule has 8 heteroatoms. The van der Waals surface area contributed by atoms with E-state index in [1.54, 1.807) is 0 Å². The van der Waals surface area contributed by atoms with Gasteiger partial charge < -0.3 is 14.7 Å². The molecular formula is C20H23ClF3NO3. The number of anilines is 1. The van der Waals surface area contributed by atoms with E-state index in [0.717, 1.165) is 58.0 Å². The topological polar surface area (TPSA) is 49.8 Å². The van der Waals surface area contributed by atoms with Gasteiger partial charge in [-0.25, -0.2) is 0 Å². The monoisotopic (exact) mass is 417 g/mol. The number of hydrogen-bond acceptors (Lipinski definition) is 3. The maximum absolute atomic E-state index is 12.5. The van der Waals surface area contributed by atoms with Gasteiger partial charge >= 0.3 is 12.3 Å². The van der Waals surface area contributed by atoms with E-state index in [0.29, 0.717) is 10.7 Å². The number of nitrogens with zero attached hydrogens (tertiary/aromatic N) is 1. The minimum absolute atomic E-state index is 0.0286. The zero-order valence-electron chi connectivity index (χ0n) is 15.4. The SMILES string of the molecule is O=C(O)C1CC12CCC1(CCN(c3cc(OC(F)(F)F)ccc3Cl)CC1)CC2. The number of carboxylic acids is 1. The third kappa shape index (κ3) is 3.78. The smallest absolute Gasteiger partial charge is 0.481 e. The Morgan fingerprint density at radius 2 is 1.79 bits per heavy atom. The minimum Gasteiger partial charge on any atom is -0.481 e. The number of halogens is 4. The van der Waals surface area contributed by atoms with E-state index in [-0.39, 0.29) is 22.5 Å². The van der Waals surface area contributed by atoms with Gasteiger partial charge in [-0.1, -0.05) is 11.6 Å². The van der Waals surface area contributed by atoms with Crippen LogP contribution in [0.25, 0.3) is 0 Å². The first-order chi connectivity index (χ1) is 13.1. The van der Waals surface area contributed by atoms with Gasteiger partial charge in [-0.15, -0.1) is 13.2 Å². The van der Waals surface area contributed by atoms with Crippen molar-refractivity contribution in [1.82, 2.24) is 0 Å². The number of ether oxygens (including phenoxy) is 1. The van der Waals surface area contributed by atoms with Crippen molar-refractivity contribution in [2.75, 3.05) is 18.0 Å². The van der Waals surface area contributed by atoms with Crippen LogP contribution in [-0.4, -0.2) is 30.5 Å². The maximum Gasteiger partial charge on any atom is 0.573 e. The fourth-order valence-corrected chi connectivity index (χ4v) is 5.42. The van der Waals surface area contributed by atoms with Crippen LogP contribution in [0.1, 0.15) is 44.9 Å². The van der Waals surface area contributed by atoms with Crippen molar-refractivity contribution in [1.29, 1.82) is 0 Å². The van der Waals surface area contributed by atoms with E-state index in [1.807, 2.05) is 4.90 Å². The lowest BCUT2D eigenvalue weighted by molar-refractivity contribution is -0.274. The highest BCUT2D eigenvalue weighted by atomic mass is 35.5. The van der Waals surface area contributed by atoms with Gasteiger partial charge in [0.05, 0.1) is 16.6 Å². The summed E-state index contributed by atoms with van der Waals surface area (Å²) in [7, 11) is 0. The first-order valence-corrected chi connectivity index (χ1v) is 10.0. The lowest BCUT2D eigenvalue weighted by Crippen LogP contribution is -2.42. The van der Waals surface area contributed by atoms with E-state index in [9.17, 15) is 23.1 Å². The number of aliphatic carboxylic acids is 1. The Labute approximate surface area is 166 Å². The number of alkyl halides is 3. The average Bonchev–Trinajstić information content (AvgIpc) is 3.34. The molecule has 2 saturated carbocycles. The van der Waals surface area contributed by atoms with Crippen molar-refractivity contribution in [3.8, 4) is 5.75 Å². The average molecular weight is 418 g/mol. The van der Waals surface area contributed by atoms with E-state index in [1.165, 1.54) is 18.2 Å². The molecule has 1 unspecified atom stereocenters. The van der Waals surface area contributed by atoms with Gasteiger partial charge in [0.2, 0.25) is 0 Å². The highest BCUT2D eigenvalue weighted by Crippen LogP contribution is 2.65. The predicted molar refractivity (Wildman–Crippen MR) is 98.7 cm³/mol. The van der Waals surface area contributed by atoms with Crippen LogP contribution in [-0.2, 0) is 4.79 Å². The summed E-state index contributed by atoms with van der Waals surface area (Å²) in [5.41, 5.74) is 0.819. The van der Waals surface area contributed by atoms with Crippen LogP contribution in [0, 0.1) is 16.7 Å². The lowest BCUT2D eigenvalue weighted by atomic mass is 9.64. The third-order valence-electron chi connectivity index (χ3n) is 7.11. The molecule has 1 heterocycles. The van der Waals surface area contributed by atoms with E-state index < -0.39 is 12.3 Å². The quantitative estimate of drug-likeness (QED) is 0.706. The van der Waals surface area contributed by atoms with Gasteiger partial charge in [0, 0.05) is 19.2 Å². The van der Waals surface area contributed by atoms with Crippen LogP contribution in [0.2, 0.25) is 5.02 Å². The van der Waals surface area contributed by atoms with Gasteiger partial charge in [0.25, 0.3) is 0 Å². The van der Waals surface area contributed by atoms with E-state index in [4.69, 9.17) is 11.6 Å². The van der Waals surface area contributed by atoms with Crippen molar-refractivity contribution in [3.05, 3.63) is 23.2 Å². The summed E-state index contributed by atoms with van der Waals surface area (Å²) in [4.78, 5) is 13.3. The van der Waals surface area contributed by atoms with Crippen LogP contribution in [0.5, 0.6) is 5.75 Å². The second-order valence-electron chi connectivity index (χ2n) is 8.61. The summed E-state index contributed by atoms with van der Waals surface area (Å²) in [5, 5.41) is 9.66. The van der Waals surface area contributed by atoms with Crippen molar-refractivity contribution >= 4 is 23.3 Å². The molecule has 0 aromatic heterocycles. The Kier molecular flexibility index (Phi) is 4.72. The maximum atomic E-state index is 12.5. The summed E-state index contributed by atoms with van der Waals surface area (Å²) < 4.78 is 41.5. The molecule has 3 fully saturated rings. The van der Waals surface area contributed by atoms with Gasteiger partial charge in [-0.2, -0.15) is 0 Å². The van der Waals surface area contributed by atoms with Crippen LogP contribution in [0.3, 0.4) is 0 Å². The third-order valence-corrected chi connectivity index (χ3v) is 7.43. The Hall–Kier alpha value is -1.63. The standard InChI is InChI=1S/C20H23ClF3NO3/c21-15-2-1-13(28-20(22,23)24)11-16(15)25-9-7-18(8-10-25)3-5-19(6-4-18)12-14(19)17(26)27/h1-2,11,14H,3-10,12H2,(H,26,27). The molecular weight excluding hydrogens is 395 g/mol. The van der Waals surface area contributed by atoms with Crippen LogP contribution < -0.4 is 9.64 Å². The molecule has 2 spiro atoms. The van der Waals surface area contributed by atoms with Crippen molar-refractivity contribution < 1.29 is 27.8 Å². The number of benzene rings is 1. The number of carboxylic acid groups (broad SMARTS) is 1. The molecule has 2 aliphatic carbocycles. The molecule has 1 atom stereocenters. The van der Waals surface area contributed by atoms with Crippen molar-refractivity contribution in [3.63, 3.8) is 0 Å². The fraction of sp³-hybridized carbons (Fsp3) is 0.650. The van der Waals surface area contributed by atoms with Gasteiger partial charge in [0.1, 0.15) is 5.75 Å². The predicted octanol–water partition coefficient (Wildman–Crippen LogP) is 5.49. The normalized spacial score (nSPS) is 25.7. The number of hydrogen-bond donors (Lipinski definition) is 1. The fourth-order valence-electron chi connectivity index (χ4n) is 5.18. The van der Waals surface area contributed by atoms with Crippen LogP contribution in [0.4, 0.5) is 18.9 Å². The molecule has 3 aliphatic rings. The van der Waals surface area contributed by atoms with E-state index >= 15 is 0 Å². The molecule has 28 heavy (non-hydrogen) atoms. The lowest BCUT2D eigenvalue weighted by Gasteiger charge is -2.47. The number of carbonyl (C=O) groups is 1. The largest absolute Gasteiger partial charge is 0.573 e. The first kappa shape index (κ1) is 19.7. The Morgan fingerprint density at radius 3 is 2.32 bits per heavy atom. The first-order valence-electron chi connectivity index (χ1n) is 9.65. The van der Waals surface area contributed by atoms with Crippen molar-refractivity contribution in [2.24, 2.45) is 16.7 Å². The van der Waals surface area contributed by atoms with Gasteiger partial charge in [-0.3, -0.25) is 4.79 Å². The second-order valence-corrected chi connectivity index (χ2v) is 9.01. The highest BCUT2D eigenvalue weighted by Gasteiger charge is 2.60. The zero-order valence-corrected chi connectivity index (χ0v) is 16.2. The molecule has 1 aliphatic heterocycles. The summed E-state index contributed by atoms with van der Waals surface area (Å²) in [5.74, 6) is -1.10. The summed E-state index contributed by atoms with van der Waals surface area (Å²) >= 11 is 6.24. The summed E-state index contributed by atoms with van der Waals surface area (Å²) in [6.45, 7) is 1.45. The second kappa shape index (κ2) is 6.71. The molecule has 0 bridgehead atoms. The van der Waals surface area contributed by atoms with Crippen LogP contribution in [0.15, 0.2) is 18.2 Å². The number of piperidine rings is 1. The molecule has 1 aromatic carbocycles. The summed E-state index contributed by atoms with van der Waals surface area (Å²) in [6, 6.07) is 4.01. The highest BCUT2D eigenvalue weighted by molar-refractivity contribution is 6.33. The van der Waals surface area contributed by atoms with Gasteiger partial charge in [0.15, 0.2) is 0 Å². The number of rotatable bonds is 3. The Bertz CT molecular complexity index is 764. The molecule has 1 aromatic rings. The molecule has 154 valence electrons. The Balaban J connectivity index is 1.39.